The molecule has 3 aromatic carbocycles. The highest BCUT2D eigenvalue weighted by Crippen LogP contribution is 2.20. The first-order chi connectivity index (χ1) is 14.2. The smallest absolute Gasteiger partial charge is 0.261 e. The summed E-state index contributed by atoms with van der Waals surface area (Å²) in [7, 11) is -2.17. The molecular weight excluding hydrogens is 403 g/mol. The normalized spacial score (nSPS) is 11.2. The van der Waals surface area contributed by atoms with Crippen LogP contribution in [0.3, 0.4) is 0 Å². The van der Waals surface area contributed by atoms with Gasteiger partial charge in [-0.1, -0.05) is 18.2 Å². The molecule has 5 nitrogen and oxygen atoms in total. The molecule has 0 saturated carbocycles. The van der Waals surface area contributed by atoms with Crippen molar-refractivity contribution in [3.8, 4) is 0 Å². The summed E-state index contributed by atoms with van der Waals surface area (Å²) >= 11 is 0. The van der Waals surface area contributed by atoms with Gasteiger partial charge < -0.3 is 4.90 Å². The van der Waals surface area contributed by atoms with E-state index in [0.29, 0.717) is 16.8 Å². The second-order valence-corrected chi connectivity index (χ2v) is 8.90. The number of rotatable bonds is 6. The van der Waals surface area contributed by atoms with Crippen LogP contribution in [0.5, 0.6) is 0 Å². The molecule has 0 unspecified atom stereocenters. The van der Waals surface area contributed by atoms with Gasteiger partial charge in [0.1, 0.15) is 5.82 Å². The lowest BCUT2D eigenvalue weighted by Crippen LogP contribution is -2.26. The molecule has 0 aliphatic heterocycles. The fourth-order valence-corrected chi connectivity index (χ4v) is 4.05. The first-order valence-electron chi connectivity index (χ1n) is 9.36. The minimum atomic E-state index is -3.78. The van der Waals surface area contributed by atoms with E-state index in [1.807, 2.05) is 19.9 Å². The number of benzene rings is 3. The van der Waals surface area contributed by atoms with Gasteiger partial charge in [0, 0.05) is 24.8 Å². The van der Waals surface area contributed by atoms with E-state index in [1.165, 1.54) is 41.3 Å². The van der Waals surface area contributed by atoms with Crippen molar-refractivity contribution in [2.24, 2.45) is 0 Å². The number of carbonyl (C=O) groups excluding carboxylic acids is 1. The van der Waals surface area contributed by atoms with Crippen molar-refractivity contribution in [2.45, 2.75) is 25.3 Å². The quantitative estimate of drug-likeness (QED) is 0.630. The van der Waals surface area contributed by atoms with E-state index < -0.39 is 10.0 Å². The number of anilines is 1. The predicted molar refractivity (Wildman–Crippen MR) is 115 cm³/mol. The van der Waals surface area contributed by atoms with Crippen LogP contribution in [0.25, 0.3) is 0 Å². The Morgan fingerprint density at radius 1 is 0.967 bits per heavy atom. The number of amides is 1. The molecule has 1 amide bonds. The summed E-state index contributed by atoms with van der Waals surface area (Å²) in [6, 6.07) is 17.1. The number of aryl methyl sites for hydroxylation is 2. The summed E-state index contributed by atoms with van der Waals surface area (Å²) in [6.07, 6.45) is 0. The molecule has 0 spiro atoms. The van der Waals surface area contributed by atoms with Gasteiger partial charge in [-0.3, -0.25) is 9.52 Å². The predicted octanol–water partition coefficient (Wildman–Crippen LogP) is 4.52. The molecule has 0 radical (unpaired) electrons. The van der Waals surface area contributed by atoms with Crippen molar-refractivity contribution in [1.29, 1.82) is 0 Å². The third kappa shape index (κ3) is 5.04. The van der Waals surface area contributed by atoms with Gasteiger partial charge in [0.2, 0.25) is 0 Å². The second-order valence-electron chi connectivity index (χ2n) is 7.22. The van der Waals surface area contributed by atoms with E-state index in [9.17, 15) is 17.6 Å². The van der Waals surface area contributed by atoms with E-state index in [0.717, 1.165) is 11.1 Å². The number of nitrogens with zero attached hydrogens (tertiary/aromatic N) is 1. The molecule has 0 aliphatic carbocycles. The van der Waals surface area contributed by atoms with E-state index in [2.05, 4.69) is 4.72 Å². The topological polar surface area (TPSA) is 66.5 Å². The molecule has 0 aliphatic rings. The van der Waals surface area contributed by atoms with E-state index >= 15 is 0 Å². The lowest BCUT2D eigenvalue weighted by Gasteiger charge is -2.17. The highest BCUT2D eigenvalue weighted by Gasteiger charge is 2.17. The largest absolute Gasteiger partial charge is 0.337 e. The molecule has 7 heteroatoms. The molecule has 0 atom stereocenters. The molecule has 0 saturated heterocycles. The van der Waals surface area contributed by atoms with E-state index in [-0.39, 0.29) is 23.2 Å². The standard InChI is InChI=1S/C23H23FN2O3S/c1-16-7-10-21(13-17(16)2)25-30(28,29)22-11-8-19(9-12-22)23(27)26(3)15-18-5-4-6-20(24)14-18/h4-14,25H,15H2,1-3H3. The molecule has 0 aromatic heterocycles. The molecule has 156 valence electrons. The number of sulfonamides is 1. The Kier molecular flexibility index (Phi) is 6.22. The fraction of sp³-hybridized carbons (Fsp3) is 0.174. The van der Waals surface area contributed by atoms with Crippen molar-refractivity contribution >= 4 is 21.6 Å². The minimum absolute atomic E-state index is 0.0602. The van der Waals surface area contributed by atoms with Gasteiger partial charge in [0.25, 0.3) is 15.9 Å². The van der Waals surface area contributed by atoms with Gasteiger partial charge in [-0.15, -0.1) is 0 Å². The van der Waals surface area contributed by atoms with Crippen LogP contribution in [0.4, 0.5) is 10.1 Å². The van der Waals surface area contributed by atoms with Gasteiger partial charge in [-0.25, -0.2) is 12.8 Å². The SMILES string of the molecule is Cc1ccc(NS(=O)(=O)c2ccc(C(=O)N(C)Cc3cccc(F)c3)cc2)cc1C. The van der Waals surface area contributed by atoms with Gasteiger partial charge in [-0.05, 0) is 79.1 Å². The Hall–Kier alpha value is -3.19. The molecule has 0 bridgehead atoms. The average molecular weight is 427 g/mol. The summed E-state index contributed by atoms with van der Waals surface area (Å²) < 4.78 is 41.2. The highest BCUT2D eigenvalue weighted by molar-refractivity contribution is 7.92. The highest BCUT2D eigenvalue weighted by atomic mass is 32.2. The van der Waals surface area contributed by atoms with Crippen LogP contribution in [-0.4, -0.2) is 26.3 Å². The maximum Gasteiger partial charge on any atom is 0.261 e. The summed E-state index contributed by atoms with van der Waals surface area (Å²) in [4.78, 5) is 14.1. The Morgan fingerprint density at radius 3 is 2.30 bits per heavy atom. The van der Waals surface area contributed by atoms with Crippen LogP contribution < -0.4 is 4.72 Å². The van der Waals surface area contributed by atoms with Crippen LogP contribution in [0, 0.1) is 19.7 Å². The molecule has 3 rings (SSSR count). The zero-order valence-corrected chi connectivity index (χ0v) is 17.8. The van der Waals surface area contributed by atoms with Crippen molar-refractivity contribution in [3.05, 3.63) is 94.8 Å². The molecular formula is C23H23FN2O3S. The van der Waals surface area contributed by atoms with E-state index in [1.54, 1.807) is 31.3 Å². The maximum absolute atomic E-state index is 13.3. The first-order valence-corrected chi connectivity index (χ1v) is 10.8. The Balaban J connectivity index is 1.72. The summed E-state index contributed by atoms with van der Waals surface area (Å²) in [6.45, 7) is 4.10. The summed E-state index contributed by atoms with van der Waals surface area (Å²) in [5, 5.41) is 0. The lowest BCUT2D eigenvalue weighted by atomic mass is 10.1. The molecule has 30 heavy (non-hydrogen) atoms. The average Bonchev–Trinajstić information content (AvgIpc) is 2.70. The Bertz CT molecular complexity index is 1180. The van der Waals surface area contributed by atoms with Crippen LogP contribution in [0.15, 0.2) is 71.6 Å². The van der Waals surface area contributed by atoms with Crippen molar-refractivity contribution < 1.29 is 17.6 Å². The summed E-state index contributed by atoms with van der Waals surface area (Å²) in [5.74, 6) is -0.649. The first kappa shape index (κ1) is 21.5. The molecule has 0 heterocycles. The van der Waals surface area contributed by atoms with Gasteiger partial charge >= 0.3 is 0 Å². The van der Waals surface area contributed by atoms with E-state index in [4.69, 9.17) is 0 Å². The van der Waals surface area contributed by atoms with Crippen LogP contribution in [-0.2, 0) is 16.6 Å². The monoisotopic (exact) mass is 426 g/mol. The van der Waals surface area contributed by atoms with Gasteiger partial charge in [0.05, 0.1) is 4.90 Å². The Morgan fingerprint density at radius 2 is 1.67 bits per heavy atom. The van der Waals surface area contributed by atoms with Crippen molar-refractivity contribution in [1.82, 2.24) is 4.90 Å². The zero-order chi connectivity index (χ0) is 21.9. The lowest BCUT2D eigenvalue weighted by molar-refractivity contribution is 0.0785. The number of halogens is 1. The second kappa shape index (κ2) is 8.67. The van der Waals surface area contributed by atoms with Crippen molar-refractivity contribution in [2.75, 3.05) is 11.8 Å². The minimum Gasteiger partial charge on any atom is -0.337 e. The van der Waals surface area contributed by atoms with Gasteiger partial charge in [-0.2, -0.15) is 0 Å². The summed E-state index contributed by atoms with van der Waals surface area (Å²) in [5.41, 5.74) is 3.55. The number of hydrogen-bond donors (Lipinski definition) is 1. The van der Waals surface area contributed by atoms with Gasteiger partial charge in [0.15, 0.2) is 0 Å². The van der Waals surface area contributed by atoms with Crippen LogP contribution in [0.1, 0.15) is 27.0 Å². The number of carbonyl (C=O) groups is 1. The molecule has 3 aromatic rings. The van der Waals surface area contributed by atoms with Crippen LogP contribution in [0.2, 0.25) is 0 Å². The fourth-order valence-electron chi connectivity index (χ4n) is 3.00. The number of hydrogen-bond acceptors (Lipinski definition) is 3. The van der Waals surface area contributed by atoms with Crippen molar-refractivity contribution in [3.63, 3.8) is 0 Å². The third-order valence-electron chi connectivity index (χ3n) is 4.83. The zero-order valence-electron chi connectivity index (χ0n) is 17.0. The number of nitrogens with one attached hydrogen (secondary N) is 1. The van der Waals surface area contributed by atoms with Crippen LogP contribution >= 0.6 is 0 Å². The molecule has 1 N–H and O–H groups in total. The maximum atomic E-state index is 13.3. The third-order valence-corrected chi connectivity index (χ3v) is 6.22. The molecule has 0 fully saturated rings. The Labute approximate surface area is 176 Å².